The second-order valence-corrected chi connectivity index (χ2v) is 4.94. The Morgan fingerprint density at radius 3 is 2.88 bits per heavy atom. The summed E-state index contributed by atoms with van der Waals surface area (Å²) in [5.74, 6) is -1.53. The van der Waals surface area contributed by atoms with Gasteiger partial charge < -0.3 is 10.5 Å². The molecular weight excluding hydrogens is 321 g/mol. The fourth-order valence-electron chi connectivity index (χ4n) is 2.27. The van der Waals surface area contributed by atoms with Crippen LogP contribution >= 0.6 is 0 Å². The number of nitrogens with two attached hydrogens (primary N) is 1. The monoisotopic (exact) mass is 337 g/mol. The number of ether oxygens (including phenoxy) is 1. The number of anilines is 1. The van der Waals surface area contributed by atoms with E-state index in [0.717, 1.165) is 0 Å². The minimum absolute atomic E-state index is 0.0379. The molecule has 0 aliphatic rings. The van der Waals surface area contributed by atoms with E-state index in [1.54, 1.807) is 31.2 Å². The molecular formula is C19H16FN3O2. The Hall–Kier alpha value is -3.46. The van der Waals surface area contributed by atoms with Crippen LogP contribution in [0.5, 0.6) is 0 Å². The van der Waals surface area contributed by atoms with Gasteiger partial charge in [-0.05, 0) is 30.7 Å². The first kappa shape index (κ1) is 17.9. The van der Waals surface area contributed by atoms with E-state index < -0.39 is 11.8 Å². The normalized spacial score (nSPS) is 10.4. The number of carbonyl (C=O) groups excluding carboxylic acids is 1. The van der Waals surface area contributed by atoms with Crippen molar-refractivity contribution in [2.75, 3.05) is 12.3 Å². The second kappa shape index (κ2) is 7.88. The first-order valence-electron chi connectivity index (χ1n) is 7.48. The predicted molar refractivity (Wildman–Crippen MR) is 93.9 cm³/mol. The largest absolute Gasteiger partial charge is 0.462 e. The van der Waals surface area contributed by atoms with Crippen molar-refractivity contribution >= 4 is 17.7 Å². The zero-order valence-electron chi connectivity index (χ0n) is 13.6. The third-order valence-electron chi connectivity index (χ3n) is 3.44. The fraction of sp³-hybridized carbons (Fsp3) is 0.105. The van der Waals surface area contributed by atoms with Gasteiger partial charge in [0.1, 0.15) is 6.07 Å². The molecule has 0 amide bonds. The van der Waals surface area contributed by atoms with E-state index in [4.69, 9.17) is 10.5 Å². The number of aromatic nitrogens is 1. The lowest BCUT2D eigenvalue weighted by Gasteiger charge is -2.11. The number of hydrogen-bond acceptors (Lipinski definition) is 5. The van der Waals surface area contributed by atoms with Crippen molar-refractivity contribution in [2.45, 2.75) is 6.92 Å². The van der Waals surface area contributed by atoms with Gasteiger partial charge in [0.2, 0.25) is 0 Å². The molecule has 1 aromatic heterocycles. The molecule has 126 valence electrons. The molecule has 0 aliphatic carbocycles. The third-order valence-corrected chi connectivity index (χ3v) is 3.44. The van der Waals surface area contributed by atoms with E-state index in [-0.39, 0.29) is 34.7 Å². The molecule has 0 saturated carbocycles. The number of esters is 1. The number of hydrogen-bond donors (Lipinski definition) is 1. The van der Waals surface area contributed by atoms with E-state index in [1.807, 2.05) is 6.07 Å². The van der Waals surface area contributed by atoms with Crippen LogP contribution in [0.2, 0.25) is 0 Å². The lowest BCUT2D eigenvalue weighted by molar-refractivity contribution is 0.0527. The lowest BCUT2D eigenvalue weighted by Crippen LogP contribution is -2.10. The molecule has 0 spiro atoms. The number of nitrogen functional groups attached to an aromatic ring is 1. The van der Waals surface area contributed by atoms with Gasteiger partial charge in [0.05, 0.1) is 29.1 Å². The molecule has 2 N–H and O–H groups in total. The van der Waals surface area contributed by atoms with E-state index in [1.165, 1.54) is 18.3 Å². The van der Waals surface area contributed by atoms with Crippen LogP contribution < -0.4 is 5.73 Å². The Balaban J connectivity index is 2.62. The molecule has 6 heteroatoms. The summed E-state index contributed by atoms with van der Waals surface area (Å²) >= 11 is 0. The summed E-state index contributed by atoms with van der Waals surface area (Å²) in [6, 6.07) is 6.39. The lowest BCUT2D eigenvalue weighted by atomic mass is 9.99. The summed E-state index contributed by atoms with van der Waals surface area (Å²) in [6.07, 6.45) is 6.36. The third kappa shape index (κ3) is 3.56. The van der Waals surface area contributed by atoms with Crippen molar-refractivity contribution in [1.29, 1.82) is 5.26 Å². The van der Waals surface area contributed by atoms with E-state index >= 15 is 0 Å². The number of rotatable bonds is 5. The van der Waals surface area contributed by atoms with Gasteiger partial charge in [-0.1, -0.05) is 24.8 Å². The smallest absolute Gasteiger partial charge is 0.340 e. The van der Waals surface area contributed by atoms with Crippen LogP contribution in [0.3, 0.4) is 0 Å². The number of nitrogens with zero attached hydrogens (tertiary/aromatic N) is 2. The highest BCUT2D eigenvalue weighted by molar-refractivity contribution is 5.96. The number of carbonyl (C=O) groups is 1. The summed E-state index contributed by atoms with van der Waals surface area (Å²) in [5, 5.41) is 9.46. The second-order valence-electron chi connectivity index (χ2n) is 4.94. The van der Waals surface area contributed by atoms with Crippen LogP contribution in [0, 0.1) is 17.1 Å². The predicted octanol–water partition coefficient (Wildman–Crippen LogP) is 3.72. The van der Waals surface area contributed by atoms with E-state index in [2.05, 4.69) is 11.6 Å². The molecule has 0 atom stereocenters. The van der Waals surface area contributed by atoms with Crippen molar-refractivity contribution in [3.05, 3.63) is 65.6 Å². The summed E-state index contributed by atoms with van der Waals surface area (Å²) in [4.78, 5) is 15.9. The van der Waals surface area contributed by atoms with Crippen LogP contribution in [-0.2, 0) is 4.74 Å². The summed E-state index contributed by atoms with van der Waals surface area (Å²) in [5.41, 5.74) is 6.29. The Morgan fingerprint density at radius 2 is 2.24 bits per heavy atom. The number of allylic oxidation sites excluding steroid dienone is 2. The first-order valence-corrected chi connectivity index (χ1v) is 7.48. The Labute approximate surface area is 144 Å². The SMILES string of the molecule is C=C/C=C\c1ccnc(-c2ccc(C(=O)OCC)c(N)c2F)c1C#N. The summed E-state index contributed by atoms with van der Waals surface area (Å²) in [7, 11) is 0. The van der Waals surface area contributed by atoms with Gasteiger partial charge in [-0.25, -0.2) is 9.18 Å². The van der Waals surface area contributed by atoms with Crippen LogP contribution in [0.1, 0.15) is 28.4 Å². The number of nitriles is 1. The molecule has 0 radical (unpaired) electrons. The Kier molecular flexibility index (Phi) is 5.64. The quantitative estimate of drug-likeness (QED) is 0.510. The maximum Gasteiger partial charge on any atom is 0.340 e. The number of benzene rings is 1. The van der Waals surface area contributed by atoms with E-state index in [9.17, 15) is 14.4 Å². The van der Waals surface area contributed by atoms with Crippen LogP contribution in [-0.4, -0.2) is 17.6 Å². The average molecular weight is 337 g/mol. The molecule has 0 bridgehead atoms. The van der Waals surface area contributed by atoms with Gasteiger partial charge >= 0.3 is 5.97 Å². The molecule has 0 saturated heterocycles. The van der Waals surface area contributed by atoms with Gasteiger partial charge in [0.15, 0.2) is 5.82 Å². The minimum atomic E-state index is -0.820. The van der Waals surface area contributed by atoms with Crippen molar-refractivity contribution in [3.63, 3.8) is 0 Å². The number of halogens is 1. The number of pyridine rings is 1. The maximum absolute atomic E-state index is 14.7. The van der Waals surface area contributed by atoms with Gasteiger partial charge in [0.25, 0.3) is 0 Å². The van der Waals surface area contributed by atoms with Crippen molar-refractivity contribution in [2.24, 2.45) is 0 Å². The molecule has 1 heterocycles. The van der Waals surface area contributed by atoms with Gasteiger partial charge in [-0.3, -0.25) is 4.98 Å². The summed E-state index contributed by atoms with van der Waals surface area (Å²) < 4.78 is 19.6. The van der Waals surface area contributed by atoms with E-state index in [0.29, 0.717) is 5.56 Å². The highest BCUT2D eigenvalue weighted by Gasteiger charge is 2.21. The van der Waals surface area contributed by atoms with Crippen LogP contribution in [0.15, 0.2) is 43.1 Å². The highest BCUT2D eigenvalue weighted by atomic mass is 19.1. The standard InChI is InChI=1S/C19H16FN3O2/c1-3-5-6-12-9-10-23-18(15(12)11-21)13-7-8-14(17(22)16(13)20)19(24)25-4-2/h3,5-10H,1,4,22H2,2H3/b6-5-. The van der Waals surface area contributed by atoms with Crippen LogP contribution in [0.4, 0.5) is 10.1 Å². The molecule has 0 unspecified atom stereocenters. The fourth-order valence-corrected chi connectivity index (χ4v) is 2.27. The Bertz CT molecular complexity index is 898. The minimum Gasteiger partial charge on any atom is -0.462 e. The molecule has 2 rings (SSSR count). The molecule has 1 aromatic carbocycles. The molecule has 2 aromatic rings. The highest BCUT2D eigenvalue weighted by Crippen LogP contribution is 2.31. The molecule has 25 heavy (non-hydrogen) atoms. The zero-order valence-corrected chi connectivity index (χ0v) is 13.6. The zero-order chi connectivity index (χ0) is 18.4. The Morgan fingerprint density at radius 1 is 1.48 bits per heavy atom. The van der Waals surface area contributed by atoms with Crippen LogP contribution in [0.25, 0.3) is 17.3 Å². The van der Waals surface area contributed by atoms with Crippen molar-refractivity contribution < 1.29 is 13.9 Å². The van der Waals surface area contributed by atoms with Crippen molar-refractivity contribution in [3.8, 4) is 17.3 Å². The van der Waals surface area contributed by atoms with Gasteiger partial charge in [0, 0.05) is 11.8 Å². The molecule has 5 nitrogen and oxygen atoms in total. The summed E-state index contributed by atoms with van der Waals surface area (Å²) in [6.45, 7) is 5.37. The topological polar surface area (TPSA) is 89.0 Å². The molecule has 0 fully saturated rings. The molecule has 0 aliphatic heterocycles. The van der Waals surface area contributed by atoms with Gasteiger partial charge in [-0.15, -0.1) is 0 Å². The first-order chi connectivity index (χ1) is 12.0. The maximum atomic E-state index is 14.7. The average Bonchev–Trinajstić information content (AvgIpc) is 2.62. The van der Waals surface area contributed by atoms with Gasteiger partial charge in [-0.2, -0.15) is 5.26 Å². The van der Waals surface area contributed by atoms with Crippen molar-refractivity contribution in [1.82, 2.24) is 4.98 Å².